The van der Waals surface area contributed by atoms with Crippen molar-refractivity contribution in [2.75, 3.05) is 0 Å². The average Bonchev–Trinajstić information content (AvgIpc) is 2.74. The topological polar surface area (TPSA) is 67.6 Å². The van der Waals surface area contributed by atoms with Gasteiger partial charge in [0.1, 0.15) is 12.2 Å². The van der Waals surface area contributed by atoms with Gasteiger partial charge >= 0.3 is 0 Å². The highest BCUT2D eigenvalue weighted by atomic mass is 15.2. The summed E-state index contributed by atoms with van der Waals surface area (Å²) in [7, 11) is 0. The third-order valence-electron chi connectivity index (χ3n) is 2.85. The molecule has 0 amide bonds. The lowest BCUT2D eigenvalue weighted by Crippen LogP contribution is -2.15. The van der Waals surface area contributed by atoms with E-state index in [2.05, 4.69) is 15.2 Å². The van der Waals surface area contributed by atoms with Crippen molar-refractivity contribution in [1.82, 2.24) is 15.2 Å². The predicted molar refractivity (Wildman–Crippen MR) is 49.9 cm³/mol. The largest absolute Gasteiger partial charge is 0.321 e. The van der Waals surface area contributed by atoms with Gasteiger partial charge in [-0.2, -0.15) is 5.10 Å². The van der Waals surface area contributed by atoms with E-state index in [4.69, 9.17) is 5.73 Å². The van der Waals surface area contributed by atoms with E-state index in [1.807, 2.05) is 0 Å². The van der Waals surface area contributed by atoms with Crippen molar-refractivity contribution < 1.29 is 0 Å². The van der Waals surface area contributed by atoms with Gasteiger partial charge in [-0.3, -0.25) is 5.10 Å². The zero-order valence-electron chi connectivity index (χ0n) is 7.74. The Morgan fingerprint density at radius 2 is 2.31 bits per heavy atom. The first kappa shape index (κ1) is 8.69. The Labute approximate surface area is 77.9 Å². The Bertz CT molecular complexity index is 238. The van der Waals surface area contributed by atoms with Gasteiger partial charge in [-0.05, 0) is 12.3 Å². The van der Waals surface area contributed by atoms with Crippen LogP contribution in [-0.2, 0) is 0 Å². The van der Waals surface area contributed by atoms with Crippen LogP contribution in [-0.4, -0.2) is 15.2 Å². The van der Waals surface area contributed by atoms with Crippen LogP contribution in [0.1, 0.15) is 44.0 Å². The summed E-state index contributed by atoms with van der Waals surface area (Å²) < 4.78 is 0. The monoisotopic (exact) mass is 180 g/mol. The lowest BCUT2D eigenvalue weighted by atomic mass is 9.99. The number of aromatic nitrogens is 3. The minimum Gasteiger partial charge on any atom is -0.321 e. The van der Waals surface area contributed by atoms with Crippen LogP contribution in [0.2, 0.25) is 0 Å². The number of hydrogen-bond donors (Lipinski definition) is 2. The minimum atomic E-state index is 0.0469. The Morgan fingerprint density at radius 1 is 1.54 bits per heavy atom. The van der Waals surface area contributed by atoms with Crippen molar-refractivity contribution in [3.63, 3.8) is 0 Å². The standard InChI is InChI=1S/C9H16N4/c10-8(9-11-6-12-13-9)5-7-3-1-2-4-7/h6-8H,1-5,10H2,(H,11,12,13). The molecule has 0 spiro atoms. The van der Waals surface area contributed by atoms with Crippen molar-refractivity contribution in [2.45, 2.75) is 38.1 Å². The number of nitrogens with two attached hydrogens (primary N) is 1. The molecule has 0 aliphatic heterocycles. The fourth-order valence-electron chi connectivity index (χ4n) is 2.11. The molecule has 1 aromatic rings. The lowest BCUT2D eigenvalue weighted by Gasteiger charge is -2.13. The van der Waals surface area contributed by atoms with E-state index in [0.29, 0.717) is 0 Å². The lowest BCUT2D eigenvalue weighted by molar-refractivity contribution is 0.440. The molecule has 1 aliphatic rings. The number of nitrogens with zero attached hydrogens (tertiary/aromatic N) is 2. The highest BCUT2D eigenvalue weighted by molar-refractivity contribution is 4.90. The average molecular weight is 180 g/mol. The molecule has 1 atom stereocenters. The summed E-state index contributed by atoms with van der Waals surface area (Å²) in [5, 5.41) is 6.63. The van der Waals surface area contributed by atoms with Crippen LogP contribution in [0.5, 0.6) is 0 Å². The highest BCUT2D eigenvalue weighted by Crippen LogP contribution is 2.30. The van der Waals surface area contributed by atoms with Crippen LogP contribution in [0.4, 0.5) is 0 Å². The van der Waals surface area contributed by atoms with Crippen molar-refractivity contribution >= 4 is 0 Å². The van der Waals surface area contributed by atoms with E-state index in [9.17, 15) is 0 Å². The number of aromatic amines is 1. The van der Waals surface area contributed by atoms with E-state index in [0.717, 1.165) is 18.2 Å². The van der Waals surface area contributed by atoms with E-state index >= 15 is 0 Å². The Kier molecular flexibility index (Phi) is 2.59. The van der Waals surface area contributed by atoms with Gasteiger partial charge in [0.15, 0.2) is 0 Å². The Morgan fingerprint density at radius 3 is 2.92 bits per heavy atom. The maximum Gasteiger partial charge on any atom is 0.141 e. The van der Waals surface area contributed by atoms with Crippen LogP contribution in [0.25, 0.3) is 0 Å². The second kappa shape index (κ2) is 3.87. The van der Waals surface area contributed by atoms with Gasteiger partial charge < -0.3 is 5.73 Å². The van der Waals surface area contributed by atoms with E-state index in [-0.39, 0.29) is 6.04 Å². The Hall–Kier alpha value is -0.900. The van der Waals surface area contributed by atoms with E-state index in [1.165, 1.54) is 32.0 Å². The second-order valence-electron chi connectivity index (χ2n) is 3.86. The highest BCUT2D eigenvalue weighted by Gasteiger charge is 2.19. The molecule has 13 heavy (non-hydrogen) atoms. The molecule has 4 nitrogen and oxygen atoms in total. The van der Waals surface area contributed by atoms with Gasteiger partial charge in [-0.25, -0.2) is 4.98 Å². The molecule has 4 heteroatoms. The molecule has 2 rings (SSSR count). The molecule has 1 fully saturated rings. The number of hydrogen-bond acceptors (Lipinski definition) is 3. The SMILES string of the molecule is NC(CC1CCCC1)c1ncn[nH]1. The second-order valence-corrected chi connectivity index (χ2v) is 3.86. The van der Waals surface area contributed by atoms with Crippen LogP contribution < -0.4 is 5.73 Å². The van der Waals surface area contributed by atoms with Crippen molar-refractivity contribution in [2.24, 2.45) is 11.7 Å². The summed E-state index contributed by atoms with van der Waals surface area (Å²) in [6.45, 7) is 0. The molecule has 72 valence electrons. The maximum absolute atomic E-state index is 5.99. The molecule has 0 radical (unpaired) electrons. The van der Waals surface area contributed by atoms with Gasteiger partial charge in [-0.1, -0.05) is 25.7 Å². The number of rotatable bonds is 3. The summed E-state index contributed by atoms with van der Waals surface area (Å²) in [4.78, 5) is 4.07. The summed E-state index contributed by atoms with van der Waals surface area (Å²) in [6, 6.07) is 0.0469. The zero-order valence-corrected chi connectivity index (χ0v) is 7.74. The van der Waals surface area contributed by atoms with Crippen LogP contribution in [0.3, 0.4) is 0 Å². The Balaban J connectivity index is 1.87. The molecular formula is C9H16N4. The zero-order chi connectivity index (χ0) is 9.10. The molecule has 1 heterocycles. The molecule has 1 aromatic heterocycles. The van der Waals surface area contributed by atoms with Crippen molar-refractivity contribution in [3.8, 4) is 0 Å². The maximum atomic E-state index is 5.99. The van der Waals surface area contributed by atoms with Crippen LogP contribution >= 0.6 is 0 Å². The van der Waals surface area contributed by atoms with Gasteiger partial charge in [0, 0.05) is 0 Å². The van der Waals surface area contributed by atoms with Crippen LogP contribution in [0.15, 0.2) is 6.33 Å². The van der Waals surface area contributed by atoms with Gasteiger partial charge in [0.05, 0.1) is 6.04 Å². The first-order chi connectivity index (χ1) is 6.36. The molecule has 0 aromatic carbocycles. The molecule has 0 saturated heterocycles. The van der Waals surface area contributed by atoms with E-state index in [1.54, 1.807) is 0 Å². The van der Waals surface area contributed by atoms with Gasteiger partial charge in [-0.15, -0.1) is 0 Å². The van der Waals surface area contributed by atoms with Gasteiger partial charge in [0.25, 0.3) is 0 Å². The molecule has 0 bridgehead atoms. The molecule has 1 aliphatic carbocycles. The fourth-order valence-corrected chi connectivity index (χ4v) is 2.11. The third-order valence-corrected chi connectivity index (χ3v) is 2.85. The third kappa shape index (κ3) is 2.06. The number of nitrogens with one attached hydrogen (secondary N) is 1. The summed E-state index contributed by atoms with van der Waals surface area (Å²) in [5.74, 6) is 1.63. The van der Waals surface area contributed by atoms with Crippen LogP contribution in [0, 0.1) is 5.92 Å². The normalized spacial score (nSPS) is 20.7. The molecular weight excluding hydrogens is 164 g/mol. The first-order valence-electron chi connectivity index (χ1n) is 4.97. The molecule has 3 N–H and O–H groups in total. The smallest absolute Gasteiger partial charge is 0.141 e. The van der Waals surface area contributed by atoms with Gasteiger partial charge in [0.2, 0.25) is 0 Å². The van der Waals surface area contributed by atoms with E-state index < -0.39 is 0 Å². The van der Waals surface area contributed by atoms with Crippen molar-refractivity contribution in [3.05, 3.63) is 12.2 Å². The first-order valence-corrected chi connectivity index (χ1v) is 4.97. The summed E-state index contributed by atoms with van der Waals surface area (Å²) in [6.07, 6.45) is 7.98. The molecule has 1 unspecified atom stereocenters. The van der Waals surface area contributed by atoms with Crippen molar-refractivity contribution in [1.29, 1.82) is 0 Å². The summed E-state index contributed by atoms with van der Waals surface area (Å²) in [5.41, 5.74) is 5.99. The number of H-pyrrole nitrogens is 1. The minimum absolute atomic E-state index is 0.0469. The molecule has 1 saturated carbocycles. The fraction of sp³-hybridized carbons (Fsp3) is 0.778. The quantitative estimate of drug-likeness (QED) is 0.738. The predicted octanol–water partition coefficient (Wildman–Crippen LogP) is 1.38. The summed E-state index contributed by atoms with van der Waals surface area (Å²) >= 11 is 0.